The zero-order valence-electron chi connectivity index (χ0n) is 19.3. The van der Waals surface area contributed by atoms with Gasteiger partial charge in [0.25, 0.3) is 0 Å². The van der Waals surface area contributed by atoms with Crippen LogP contribution < -0.4 is 0 Å². The van der Waals surface area contributed by atoms with Crippen LogP contribution in [0, 0.1) is 17.8 Å². The first-order valence-corrected chi connectivity index (χ1v) is 12.1. The molecule has 1 saturated heterocycles. The van der Waals surface area contributed by atoms with Gasteiger partial charge in [0.05, 0.1) is 44.6 Å². The number of fused-ring (bicyclic) bond motifs is 1. The molecule has 3 rings (SSSR count). The van der Waals surface area contributed by atoms with Gasteiger partial charge in [-0.2, -0.15) is 0 Å². The summed E-state index contributed by atoms with van der Waals surface area (Å²) < 4.78 is 11.1. The van der Waals surface area contributed by atoms with Crippen molar-refractivity contribution < 1.29 is 24.5 Å². The van der Waals surface area contributed by atoms with E-state index in [4.69, 9.17) is 9.47 Å². The van der Waals surface area contributed by atoms with E-state index >= 15 is 0 Å². The lowest BCUT2D eigenvalue weighted by atomic mass is 9.88. The maximum Gasteiger partial charge on any atom is 0.225 e. The Labute approximate surface area is 187 Å². The van der Waals surface area contributed by atoms with E-state index in [1.807, 2.05) is 11.8 Å². The predicted molar refractivity (Wildman–Crippen MR) is 121 cm³/mol. The molecule has 0 aromatic carbocycles. The summed E-state index contributed by atoms with van der Waals surface area (Å²) in [5.41, 5.74) is 0.621. The van der Waals surface area contributed by atoms with Crippen LogP contribution in [-0.2, 0) is 14.3 Å². The van der Waals surface area contributed by atoms with Crippen molar-refractivity contribution in [3.05, 3.63) is 23.8 Å². The van der Waals surface area contributed by atoms with Crippen LogP contribution in [0.5, 0.6) is 0 Å². The molecule has 6 heteroatoms. The minimum absolute atomic E-state index is 0.142. The zero-order chi connectivity index (χ0) is 22.3. The van der Waals surface area contributed by atoms with Gasteiger partial charge >= 0.3 is 0 Å². The fourth-order valence-corrected chi connectivity index (χ4v) is 5.18. The Bertz CT molecular complexity index is 638. The molecule has 0 spiro atoms. The van der Waals surface area contributed by atoms with Gasteiger partial charge in [-0.25, -0.2) is 0 Å². The molecule has 3 aliphatic rings. The molecule has 1 saturated carbocycles. The number of unbranched alkanes of at least 4 members (excludes halogenated alkanes) is 1. The number of aliphatic hydroxyl groups excluding tert-OH is 1. The van der Waals surface area contributed by atoms with Crippen molar-refractivity contribution in [1.29, 1.82) is 0 Å². The van der Waals surface area contributed by atoms with Gasteiger partial charge < -0.3 is 24.6 Å². The maximum absolute atomic E-state index is 12.2. The summed E-state index contributed by atoms with van der Waals surface area (Å²) >= 11 is 0. The molecular weight excluding hydrogens is 394 g/mol. The number of rotatable bonds is 11. The lowest BCUT2D eigenvalue weighted by molar-refractivity contribution is -0.136. The SMILES string of the molecule is CCCC[C@](C)(O)C/C=C/[C@@H]1[C@H]2CC(COCCC(=O)N3CCOCC3)=C[C@H]2C[C@H]1O. The fraction of sp³-hybridized carbons (Fsp3) is 0.800. The molecule has 0 radical (unpaired) electrons. The van der Waals surface area contributed by atoms with Crippen molar-refractivity contribution >= 4 is 5.91 Å². The number of allylic oxidation sites excluding steroid dienone is 1. The van der Waals surface area contributed by atoms with E-state index in [9.17, 15) is 15.0 Å². The second-order valence-corrected chi connectivity index (χ2v) is 9.77. The molecule has 0 bridgehead atoms. The van der Waals surface area contributed by atoms with Crippen LogP contribution in [0.3, 0.4) is 0 Å². The van der Waals surface area contributed by atoms with E-state index in [2.05, 4.69) is 25.2 Å². The highest BCUT2D eigenvalue weighted by atomic mass is 16.5. The summed E-state index contributed by atoms with van der Waals surface area (Å²) in [5, 5.41) is 21.0. The molecule has 31 heavy (non-hydrogen) atoms. The molecule has 0 aromatic rings. The first-order valence-electron chi connectivity index (χ1n) is 12.1. The van der Waals surface area contributed by atoms with Crippen LogP contribution >= 0.6 is 0 Å². The summed E-state index contributed by atoms with van der Waals surface area (Å²) in [4.78, 5) is 14.0. The molecule has 1 amide bonds. The topological polar surface area (TPSA) is 79.2 Å². The third kappa shape index (κ3) is 7.14. The average Bonchev–Trinajstić information content (AvgIpc) is 3.27. The summed E-state index contributed by atoms with van der Waals surface area (Å²) in [6, 6.07) is 0. The summed E-state index contributed by atoms with van der Waals surface area (Å²) in [7, 11) is 0. The second-order valence-electron chi connectivity index (χ2n) is 9.77. The molecule has 1 heterocycles. The van der Waals surface area contributed by atoms with Crippen LogP contribution in [0.4, 0.5) is 0 Å². The van der Waals surface area contributed by atoms with Gasteiger partial charge in [-0.05, 0) is 50.0 Å². The molecule has 176 valence electrons. The lowest BCUT2D eigenvalue weighted by Gasteiger charge is -2.26. The molecule has 2 aliphatic carbocycles. The monoisotopic (exact) mass is 435 g/mol. The Morgan fingerprint density at radius 3 is 2.90 bits per heavy atom. The van der Waals surface area contributed by atoms with Crippen LogP contribution in [0.15, 0.2) is 23.8 Å². The van der Waals surface area contributed by atoms with E-state index in [1.54, 1.807) is 0 Å². The van der Waals surface area contributed by atoms with E-state index in [0.717, 1.165) is 32.1 Å². The summed E-state index contributed by atoms with van der Waals surface area (Å²) in [5.74, 6) is 1.10. The highest BCUT2D eigenvalue weighted by Crippen LogP contribution is 2.47. The number of carbonyl (C=O) groups is 1. The van der Waals surface area contributed by atoms with Crippen molar-refractivity contribution in [2.24, 2.45) is 17.8 Å². The number of morpholine rings is 1. The molecule has 5 atom stereocenters. The van der Waals surface area contributed by atoms with Gasteiger partial charge in [-0.15, -0.1) is 0 Å². The largest absolute Gasteiger partial charge is 0.392 e. The Balaban J connectivity index is 1.39. The Hall–Kier alpha value is -1.21. The molecule has 0 unspecified atom stereocenters. The molecule has 2 N–H and O–H groups in total. The van der Waals surface area contributed by atoms with E-state index in [-0.39, 0.29) is 17.9 Å². The number of ether oxygens (including phenoxy) is 2. The van der Waals surface area contributed by atoms with E-state index in [1.165, 1.54) is 5.57 Å². The Morgan fingerprint density at radius 2 is 2.16 bits per heavy atom. The van der Waals surface area contributed by atoms with Crippen molar-refractivity contribution in [2.45, 2.75) is 70.5 Å². The summed E-state index contributed by atoms with van der Waals surface area (Å²) in [6.45, 7) is 7.66. The average molecular weight is 436 g/mol. The Kier molecular flexibility index (Phi) is 9.14. The van der Waals surface area contributed by atoms with Gasteiger partial charge in [0, 0.05) is 19.0 Å². The van der Waals surface area contributed by atoms with Gasteiger partial charge in [0.15, 0.2) is 0 Å². The minimum Gasteiger partial charge on any atom is -0.392 e. The van der Waals surface area contributed by atoms with Gasteiger partial charge in [0.1, 0.15) is 0 Å². The van der Waals surface area contributed by atoms with Crippen LogP contribution in [-0.4, -0.2) is 72.2 Å². The Morgan fingerprint density at radius 1 is 1.39 bits per heavy atom. The smallest absolute Gasteiger partial charge is 0.225 e. The number of nitrogens with zero attached hydrogens (tertiary/aromatic N) is 1. The van der Waals surface area contributed by atoms with Crippen LogP contribution in [0.25, 0.3) is 0 Å². The lowest BCUT2D eigenvalue weighted by Crippen LogP contribution is -2.41. The molecular formula is C25H41NO5. The quantitative estimate of drug-likeness (QED) is 0.385. The first-order chi connectivity index (χ1) is 14.9. The second kappa shape index (κ2) is 11.6. The third-order valence-corrected chi connectivity index (χ3v) is 7.05. The molecule has 0 aromatic heterocycles. The van der Waals surface area contributed by atoms with Crippen LogP contribution in [0.1, 0.15) is 58.8 Å². The van der Waals surface area contributed by atoms with Crippen molar-refractivity contribution in [3.8, 4) is 0 Å². The number of hydrogen-bond donors (Lipinski definition) is 2. The molecule has 6 nitrogen and oxygen atoms in total. The first kappa shape index (κ1) is 24.4. The van der Waals surface area contributed by atoms with E-state index < -0.39 is 5.60 Å². The number of aliphatic hydroxyl groups is 2. The van der Waals surface area contributed by atoms with Crippen molar-refractivity contribution in [2.75, 3.05) is 39.5 Å². The van der Waals surface area contributed by atoms with Gasteiger partial charge in [0.2, 0.25) is 5.91 Å². The third-order valence-electron chi connectivity index (χ3n) is 7.05. The van der Waals surface area contributed by atoms with Crippen molar-refractivity contribution in [1.82, 2.24) is 4.90 Å². The summed E-state index contributed by atoms with van der Waals surface area (Å²) in [6.07, 6.45) is 11.9. The minimum atomic E-state index is -0.666. The fourth-order valence-electron chi connectivity index (χ4n) is 5.18. The molecule has 2 fully saturated rings. The number of hydrogen-bond acceptors (Lipinski definition) is 5. The van der Waals surface area contributed by atoms with Gasteiger partial charge in [-0.1, -0.05) is 38.0 Å². The van der Waals surface area contributed by atoms with Crippen LogP contribution in [0.2, 0.25) is 0 Å². The van der Waals surface area contributed by atoms with E-state index in [0.29, 0.717) is 64.2 Å². The number of carbonyl (C=O) groups excluding carboxylic acids is 1. The zero-order valence-corrected chi connectivity index (χ0v) is 19.3. The maximum atomic E-state index is 12.2. The number of amides is 1. The molecule has 1 aliphatic heterocycles. The predicted octanol–water partition coefficient (Wildman–Crippen LogP) is 3.08. The standard InChI is InChI=1S/C25H41NO5/c1-3-4-8-25(2,29)9-5-6-21-22-16-19(15-20(22)17-23(21)27)18-31-12-7-24(28)26-10-13-30-14-11-26/h5-6,15,20-23,27,29H,3-4,7-14,16-18H2,1-2H3/b6-5+/t20-,21+,22-,23+,25-/m0/s1. The highest BCUT2D eigenvalue weighted by molar-refractivity contribution is 5.76. The normalized spacial score (nSPS) is 30.5. The highest BCUT2D eigenvalue weighted by Gasteiger charge is 2.43. The van der Waals surface area contributed by atoms with Gasteiger partial charge in [-0.3, -0.25) is 4.79 Å². The van der Waals surface area contributed by atoms with Crippen molar-refractivity contribution in [3.63, 3.8) is 0 Å².